The molecule has 0 saturated carbocycles. The largest absolute Gasteiger partial charge is 0.624 e. The second-order valence-corrected chi connectivity index (χ2v) is 4.69. The van der Waals surface area contributed by atoms with E-state index in [0.29, 0.717) is 11.3 Å². The number of furan rings is 1. The predicted molar refractivity (Wildman–Crippen MR) is 67.2 cm³/mol. The Morgan fingerprint density at radius 1 is 1.35 bits per heavy atom. The second-order valence-electron chi connectivity index (χ2n) is 4.69. The smallest absolute Gasteiger partial charge is 0.347 e. The molecule has 0 aliphatic carbocycles. The van der Waals surface area contributed by atoms with Crippen molar-refractivity contribution >= 4 is 11.6 Å². The highest BCUT2D eigenvalue weighted by atomic mass is 16.6. The van der Waals surface area contributed by atoms with Crippen LogP contribution in [0.15, 0.2) is 41.0 Å². The van der Waals surface area contributed by atoms with Gasteiger partial charge in [0.05, 0.1) is 16.7 Å². The van der Waals surface area contributed by atoms with E-state index in [2.05, 4.69) is 0 Å². The Balaban J connectivity index is 1.95. The summed E-state index contributed by atoms with van der Waals surface area (Å²) in [6.07, 6.45) is 1.43. The van der Waals surface area contributed by atoms with Crippen LogP contribution in [0.2, 0.25) is 0 Å². The molecule has 1 aliphatic rings. The van der Waals surface area contributed by atoms with Crippen LogP contribution in [0, 0.1) is 15.3 Å². The minimum Gasteiger partial charge on any atom is -0.624 e. The molecule has 0 bridgehead atoms. The molecule has 102 valence electrons. The van der Waals surface area contributed by atoms with E-state index >= 15 is 0 Å². The lowest BCUT2D eigenvalue weighted by Crippen LogP contribution is -2.41. The Bertz CT molecular complexity index is 695. The van der Waals surface area contributed by atoms with E-state index in [-0.39, 0.29) is 24.3 Å². The fourth-order valence-electron chi connectivity index (χ4n) is 2.38. The Hall–Kier alpha value is -2.51. The number of hydrogen-bond acceptors (Lipinski definition) is 5. The summed E-state index contributed by atoms with van der Waals surface area (Å²) < 4.78 is 3.99. The molecule has 0 radical (unpaired) electrons. The number of non-ortho nitro benzene ring substituents is 1. The van der Waals surface area contributed by atoms with Crippen molar-refractivity contribution in [1.82, 2.24) is 0 Å². The third-order valence-electron chi connectivity index (χ3n) is 3.32. The SMILES string of the molecule is O=C1c2ccc([N+](=O)[O-])cc2C[N+]1([O-])Cc1ccco1. The molecule has 2 heterocycles. The number of quaternary nitrogens is 1. The first-order valence-electron chi connectivity index (χ1n) is 5.92. The Kier molecular flexibility index (Phi) is 2.66. The van der Waals surface area contributed by atoms with Crippen LogP contribution >= 0.6 is 0 Å². The summed E-state index contributed by atoms with van der Waals surface area (Å²) in [6.45, 7) is -0.231. The maximum atomic E-state index is 12.6. The van der Waals surface area contributed by atoms with Crippen LogP contribution in [0.3, 0.4) is 0 Å². The molecule has 7 heteroatoms. The maximum Gasteiger partial charge on any atom is 0.347 e. The Morgan fingerprint density at radius 2 is 2.15 bits per heavy atom. The number of fused-ring (bicyclic) bond motifs is 1. The van der Waals surface area contributed by atoms with Gasteiger partial charge in [-0.15, -0.1) is 0 Å². The van der Waals surface area contributed by atoms with Gasteiger partial charge in [0.15, 0.2) is 5.76 Å². The van der Waals surface area contributed by atoms with E-state index in [9.17, 15) is 20.1 Å². The molecule has 1 aliphatic heterocycles. The van der Waals surface area contributed by atoms with Crippen molar-refractivity contribution in [3.05, 3.63) is 68.8 Å². The van der Waals surface area contributed by atoms with Gasteiger partial charge in [0.25, 0.3) is 5.69 Å². The number of carbonyl (C=O) groups is 1. The van der Waals surface area contributed by atoms with Gasteiger partial charge >= 0.3 is 5.91 Å². The fourth-order valence-corrected chi connectivity index (χ4v) is 2.38. The van der Waals surface area contributed by atoms with Crippen LogP contribution in [-0.2, 0) is 13.1 Å². The number of hydrogen-bond donors (Lipinski definition) is 0. The number of rotatable bonds is 3. The first-order valence-corrected chi connectivity index (χ1v) is 5.92. The van der Waals surface area contributed by atoms with Gasteiger partial charge in [0.1, 0.15) is 13.1 Å². The second kappa shape index (κ2) is 4.26. The molecule has 3 rings (SSSR count). The van der Waals surface area contributed by atoms with Gasteiger partial charge in [-0.3, -0.25) is 14.8 Å². The van der Waals surface area contributed by atoms with Crippen LogP contribution in [0.1, 0.15) is 21.7 Å². The Labute approximate surface area is 113 Å². The van der Waals surface area contributed by atoms with E-state index in [1.807, 2.05) is 0 Å². The monoisotopic (exact) mass is 274 g/mol. The van der Waals surface area contributed by atoms with Gasteiger partial charge in [0.2, 0.25) is 0 Å². The molecule has 0 spiro atoms. The summed E-state index contributed by atoms with van der Waals surface area (Å²) in [5, 5.41) is 23.3. The standard InChI is InChI=1S/C13H10N2O5/c16-13-12-4-3-10(14(17)18)6-9(12)7-15(13,19)8-11-2-1-5-20-11/h1-6H,7-8H2. The Morgan fingerprint density at radius 3 is 2.80 bits per heavy atom. The number of nitro benzene ring substituents is 1. The molecular formula is C13H10N2O5. The highest BCUT2D eigenvalue weighted by molar-refractivity contribution is 5.93. The first kappa shape index (κ1) is 12.5. The number of nitrogens with zero attached hydrogens (tertiary/aromatic N) is 2. The van der Waals surface area contributed by atoms with Crippen molar-refractivity contribution in [1.29, 1.82) is 0 Å². The molecule has 7 nitrogen and oxygen atoms in total. The highest BCUT2D eigenvalue weighted by Crippen LogP contribution is 2.33. The topological polar surface area (TPSA) is 96.4 Å². The summed E-state index contributed by atoms with van der Waals surface area (Å²) >= 11 is 0. The lowest BCUT2D eigenvalue weighted by atomic mass is 10.1. The van der Waals surface area contributed by atoms with Crippen molar-refractivity contribution in [2.75, 3.05) is 0 Å². The molecule has 0 N–H and O–H groups in total. The predicted octanol–water partition coefficient (Wildman–Crippen LogP) is 2.36. The number of carbonyl (C=O) groups excluding carboxylic acids is 1. The molecule has 20 heavy (non-hydrogen) atoms. The van der Waals surface area contributed by atoms with Gasteiger partial charge < -0.3 is 9.62 Å². The quantitative estimate of drug-likeness (QED) is 0.370. The van der Waals surface area contributed by atoms with Gasteiger partial charge in [-0.1, -0.05) is 0 Å². The van der Waals surface area contributed by atoms with E-state index in [1.54, 1.807) is 12.1 Å². The number of hydroxylamine groups is 3. The minimum atomic E-state index is -1.11. The first-order chi connectivity index (χ1) is 9.49. The highest BCUT2D eigenvalue weighted by Gasteiger charge is 2.40. The lowest BCUT2D eigenvalue weighted by molar-refractivity contribution is -0.822. The number of nitro groups is 1. The zero-order chi connectivity index (χ0) is 14.3. The summed E-state index contributed by atoms with van der Waals surface area (Å²) in [5.41, 5.74) is 0.533. The van der Waals surface area contributed by atoms with Crippen LogP contribution in [0.25, 0.3) is 0 Å². The third kappa shape index (κ3) is 1.89. The number of amides is 1. The maximum absolute atomic E-state index is 12.6. The fraction of sp³-hybridized carbons (Fsp3) is 0.154. The molecule has 1 amide bonds. The summed E-state index contributed by atoms with van der Waals surface area (Å²) in [5.74, 6) is -0.179. The van der Waals surface area contributed by atoms with Crippen LogP contribution < -0.4 is 0 Å². The van der Waals surface area contributed by atoms with E-state index in [4.69, 9.17) is 4.42 Å². The van der Waals surface area contributed by atoms with Gasteiger partial charge in [0, 0.05) is 17.7 Å². The summed E-state index contributed by atoms with van der Waals surface area (Å²) in [7, 11) is 0. The van der Waals surface area contributed by atoms with Gasteiger partial charge in [-0.05, 0) is 18.2 Å². The average molecular weight is 274 g/mol. The molecular weight excluding hydrogens is 264 g/mol. The molecule has 1 aromatic heterocycles. The summed E-state index contributed by atoms with van der Waals surface area (Å²) in [4.78, 5) is 22.3. The third-order valence-corrected chi connectivity index (χ3v) is 3.32. The van der Waals surface area contributed by atoms with E-state index in [1.165, 1.54) is 24.5 Å². The molecule has 0 fully saturated rings. The molecule has 1 aromatic carbocycles. The molecule has 2 aromatic rings. The van der Waals surface area contributed by atoms with E-state index < -0.39 is 15.5 Å². The lowest BCUT2D eigenvalue weighted by Gasteiger charge is -2.34. The van der Waals surface area contributed by atoms with Crippen molar-refractivity contribution in [3.63, 3.8) is 0 Å². The van der Waals surface area contributed by atoms with Crippen molar-refractivity contribution in [3.8, 4) is 0 Å². The molecule has 0 saturated heterocycles. The zero-order valence-corrected chi connectivity index (χ0v) is 10.3. The normalized spacial score (nSPS) is 20.9. The minimum absolute atomic E-state index is 0.115. The number of benzene rings is 1. The van der Waals surface area contributed by atoms with E-state index in [0.717, 1.165) is 0 Å². The van der Waals surface area contributed by atoms with Crippen LogP contribution in [0.4, 0.5) is 5.69 Å². The van der Waals surface area contributed by atoms with Crippen molar-refractivity contribution in [2.45, 2.75) is 13.1 Å². The van der Waals surface area contributed by atoms with Crippen molar-refractivity contribution < 1.29 is 18.8 Å². The van der Waals surface area contributed by atoms with Crippen LogP contribution in [-0.4, -0.2) is 15.5 Å². The van der Waals surface area contributed by atoms with Crippen molar-refractivity contribution in [2.24, 2.45) is 0 Å². The molecule has 1 atom stereocenters. The van der Waals surface area contributed by atoms with Gasteiger partial charge in [-0.25, -0.2) is 4.79 Å². The molecule has 1 unspecified atom stereocenters. The average Bonchev–Trinajstić information content (AvgIpc) is 2.97. The zero-order valence-electron chi connectivity index (χ0n) is 10.3. The van der Waals surface area contributed by atoms with Crippen LogP contribution in [0.5, 0.6) is 0 Å². The van der Waals surface area contributed by atoms with Gasteiger partial charge in [-0.2, -0.15) is 0 Å². The summed E-state index contributed by atoms with van der Waals surface area (Å²) in [6, 6.07) is 7.12.